The summed E-state index contributed by atoms with van der Waals surface area (Å²) in [5.41, 5.74) is 0.671. The van der Waals surface area contributed by atoms with Crippen LogP contribution in [0.3, 0.4) is 0 Å². The highest BCUT2D eigenvalue weighted by atomic mass is 35.5. The minimum Gasteiger partial charge on any atom is -0.368 e. The van der Waals surface area contributed by atoms with Gasteiger partial charge in [-0.05, 0) is 39.0 Å². The number of nitrogens with one attached hydrogen (secondary N) is 2. The predicted octanol–water partition coefficient (Wildman–Crippen LogP) is 4.14. The summed E-state index contributed by atoms with van der Waals surface area (Å²) in [5, 5.41) is 6.37. The van der Waals surface area contributed by atoms with Crippen LogP contribution >= 0.6 is 11.6 Å². The summed E-state index contributed by atoms with van der Waals surface area (Å²) < 4.78 is 13.1. The molecule has 20 heavy (non-hydrogen) atoms. The average Bonchev–Trinajstić information content (AvgIpc) is 2.32. The largest absolute Gasteiger partial charge is 0.368 e. The lowest BCUT2D eigenvalue weighted by Crippen LogP contribution is -2.12. The monoisotopic (exact) mass is 294 g/mol. The molecular formula is C14H16ClFN4. The Morgan fingerprint density at radius 1 is 1.15 bits per heavy atom. The van der Waals surface area contributed by atoms with Crippen molar-refractivity contribution >= 4 is 28.9 Å². The van der Waals surface area contributed by atoms with Gasteiger partial charge in [0.2, 0.25) is 0 Å². The molecule has 0 radical (unpaired) electrons. The van der Waals surface area contributed by atoms with Crippen molar-refractivity contribution in [3.05, 3.63) is 40.9 Å². The van der Waals surface area contributed by atoms with E-state index in [0.717, 1.165) is 5.82 Å². The average molecular weight is 295 g/mol. The van der Waals surface area contributed by atoms with Crippen LogP contribution in [0.2, 0.25) is 5.02 Å². The summed E-state index contributed by atoms with van der Waals surface area (Å²) in [6.07, 6.45) is 0. The second kappa shape index (κ2) is 6.05. The van der Waals surface area contributed by atoms with Crippen LogP contribution < -0.4 is 10.6 Å². The highest BCUT2D eigenvalue weighted by Gasteiger charge is 2.05. The van der Waals surface area contributed by atoms with Gasteiger partial charge < -0.3 is 10.6 Å². The number of rotatable bonds is 4. The lowest BCUT2D eigenvalue weighted by atomic mass is 10.3. The molecule has 6 heteroatoms. The van der Waals surface area contributed by atoms with E-state index in [9.17, 15) is 4.39 Å². The first-order valence-corrected chi connectivity index (χ1v) is 6.66. The summed E-state index contributed by atoms with van der Waals surface area (Å²) in [5.74, 6) is 1.57. The standard InChI is InChI=1S/C14H16ClFN4/c1-8(2)17-13-7-14(19-9(3)18-13)20-10-4-5-12(16)11(15)6-10/h4-8H,1-3H3,(H2,17,18,19,20). The van der Waals surface area contributed by atoms with Gasteiger partial charge in [-0.1, -0.05) is 11.6 Å². The first-order valence-electron chi connectivity index (χ1n) is 6.28. The van der Waals surface area contributed by atoms with Gasteiger partial charge in [-0.15, -0.1) is 0 Å². The van der Waals surface area contributed by atoms with Crippen LogP contribution in [-0.4, -0.2) is 16.0 Å². The van der Waals surface area contributed by atoms with E-state index in [4.69, 9.17) is 11.6 Å². The van der Waals surface area contributed by atoms with Gasteiger partial charge in [-0.25, -0.2) is 14.4 Å². The van der Waals surface area contributed by atoms with Crippen molar-refractivity contribution in [1.29, 1.82) is 0 Å². The van der Waals surface area contributed by atoms with E-state index in [1.165, 1.54) is 12.1 Å². The Morgan fingerprint density at radius 3 is 2.50 bits per heavy atom. The van der Waals surface area contributed by atoms with E-state index in [-0.39, 0.29) is 11.1 Å². The molecule has 0 saturated heterocycles. The molecule has 0 saturated carbocycles. The Hall–Kier alpha value is -1.88. The minimum atomic E-state index is -0.446. The molecule has 0 aliphatic heterocycles. The molecule has 106 valence electrons. The van der Waals surface area contributed by atoms with Crippen molar-refractivity contribution in [2.45, 2.75) is 26.8 Å². The van der Waals surface area contributed by atoms with Crippen molar-refractivity contribution in [2.75, 3.05) is 10.6 Å². The summed E-state index contributed by atoms with van der Waals surface area (Å²) in [4.78, 5) is 8.59. The summed E-state index contributed by atoms with van der Waals surface area (Å²) in [6, 6.07) is 6.51. The maximum absolute atomic E-state index is 13.1. The maximum Gasteiger partial charge on any atom is 0.141 e. The Morgan fingerprint density at radius 2 is 1.85 bits per heavy atom. The molecule has 0 fully saturated rings. The fraction of sp³-hybridized carbons (Fsp3) is 0.286. The Bertz CT molecular complexity index is 616. The van der Waals surface area contributed by atoms with Crippen molar-refractivity contribution in [1.82, 2.24) is 9.97 Å². The smallest absolute Gasteiger partial charge is 0.141 e. The molecule has 0 spiro atoms. The van der Waals surface area contributed by atoms with Crippen LogP contribution in [0.1, 0.15) is 19.7 Å². The van der Waals surface area contributed by atoms with E-state index in [0.29, 0.717) is 17.3 Å². The second-order valence-corrected chi connectivity index (χ2v) is 5.15. The third-order valence-corrected chi connectivity index (χ3v) is 2.76. The van der Waals surface area contributed by atoms with Crippen LogP contribution in [0.15, 0.2) is 24.3 Å². The van der Waals surface area contributed by atoms with Gasteiger partial charge in [-0.2, -0.15) is 0 Å². The van der Waals surface area contributed by atoms with Crippen LogP contribution in [0.25, 0.3) is 0 Å². The molecule has 0 bridgehead atoms. The molecule has 0 unspecified atom stereocenters. The molecule has 2 N–H and O–H groups in total. The zero-order valence-electron chi connectivity index (χ0n) is 11.5. The number of anilines is 3. The molecule has 0 aliphatic rings. The maximum atomic E-state index is 13.1. The number of benzene rings is 1. The molecule has 4 nitrogen and oxygen atoms in total. The third-order valence-electron chi connectivity index (χ3n) is 2.47. The van der Waals surface area contributed by atoms with Crippen molar-refractivity contribution in [3.8, 4) is 0 Å². The summed E-state index contributed by atoms with van der Waals surface area (Å²) >= 11 is 5.75. The zero-order valence-corrected chi connectivity index (χ0v) is 12.3. The first kappa shape index (κ1) is 14.5. The number of halogens is 2. The fourth-order valence-corrected chi connectivity index (χ4v) is 1.90. The highest BCUT2D eigenvalue weighted by Crippen LogP contribution is 2.23. The van der Waals surface area contributed by atoms with E-state index < -0.39 is 5.82 Å². The first-order chi connectivity index (χ1) is 9.44. The van der Waals surface area contributed by atoms with E-state index in [1.807, 2.05) is 20.8 Å². The molecule has 1 aromatic heterocycles. The normalized spacial score (nSPS) is 10.7. The lowest BCUT2D eigenvalue weighted by molar-refractivity contribution is 0.628. The summed E-state index contributed by atoms with van der Waals surface area (Å²) in [7, 11) is 0. The van der Waals surface area contributed by atoms with Crippen molar-refractivity contribution in [2.24, 2.45) is 0 Å². The molecule has 0 atom stereocenters. The van der Waals surface area contributed by atoms with Crippen LogP contribution in [0, 0.1) is 12.7 Å². The van der Waals surface area contributed by atoms with Gasteiger partial charge >= 0.3 is 0 Å². The van der Waals surface area contributed by atoms with Crippen LogP contribution in [-0.2, 0) is 0 Å². The lowest BCUT2D eigenvalue weighted by Gasteiger charge is -2.12. The van der Waals surface area contributed by atoms with Crippen molar-refractivity contribution in [3.63, 3.8) is 0 Å². The Kier molecular flexibility index (Phi) is 4.39. The quantitative estimate of drug-likeness (QED) is 0.890. The second-order valence-electron chi connectivity index (χ2n) is 4.74. The van der Waals surface area contributed by atoms with Gasteiger partial charge in [0.15, 0.2) is 0 Å². The number of hydrogen-bond acceptors (Lipinski definition) is 4. The van der Waals surface area contributed by atoms with E-state index >= 15 is 0 Å². The third kappa shape index (κ3) is 3.81. The summed E-state index contributed by atoms with van der Waals surface area (Å²) in [6.45, 7) is 5.88. The number of aromatic nitrogens is 2. The molecular weight excluding hydrogens is 279 g/mol. The molecule has 1 heterocycles. The number of aryl methyl sites for hydroxylation is 1. The van der Waals surface area contributed by atoms with E-state index in [2.05, 4.69) is 20.6 Å². The number of nitrogens with zero attached hydrogens (tertiary/aromatic N) is 2. The van der Waals surface area contributed by atoms with Crippen molar-refractivity contribution < 1.29 is 4.39 Å². The van der Waals surface area contributed by atoms with Gasteiger partial charge in [0.1, 0.15) is 23.3 Å². The Balaban J connectivity index is 2.24. The van der Waals surface area contributed by atoms with Crippen LogP contribution in [0.4, 0.5) is 21.7 Å². The van der Waals surface area contributed by atoms with Crippen LogP contribution in [0.5, 0.6) is 0 Å². The Labute approximate surface area is 122 Å². The molecule has 1 aromatic carbocycles. The van der Waals surface area contributed by atoms with E-state index in [1.54, 1.807) is 12.1 Å². The molecule has 2 rings (SSSR count). The number of hydrogen-bond donors (Lipinski definition) is 2. The SMILES string of the molecule is Cc1nc(Nc2ccc(F)c(Cl)c2)cc(NC(C)C)n1. The molecule has 0 amide bonds. The molecule has 0 aliphatic carbocycles. The van der Waals surface area contributed by atoms with Gasteiger partial charge in [0.05, 0.1) is 5.02 Å². The predicted molar refractivity (Wildman–Crippen MR) is 80.2 cm³/mol. The zero-order chi connectivity index (χ0) is 14.7. The topological polar surface area (TPSA) is 49.8 Å². The van der Waals surface area contributed by atoms with Gasteiger partial charge in [-0.3, -0.25) is 0 Å². The minimum absolute atomic E-state index is 0.0707. The van der Waals surface area contributed by atoms with Gasteiger partial charge in [0, 0.05) is 17.8 Å². The fourth-order valence-electron chi connectivity index (χ4n) is 1.72. The van der Waals surface area contributed by atoms with Gasteiger partial charge in [0.25, 0.3) is 0 Å². The highest BCUT2D eigenvalue weighted by molar-refractivity contribution is 6.31. The molecule has 2 aromatic rings.